The van der Waals surface area contributed by atoms with E-state index in [1.54, 1.807) is 4.57 Å². The molecule has 6 heteroatoms. The average molecular weight is 420 g/mol. The first-order chi connectivity index (χ1) is 14.6. The lowest BCUT2D eigenvalue weighted by molar-refractivity contribution is -0.129. The number of benzene rings is 2. The van der Waals surface area contributed by atoms with Crippen molar-refractivity contribution in [2.45, 2.75) is 49.3 Å². The van der Waals surface area contributed by atoms with Crippen molar-refractivity contribution in [3.63, 3.8) is 0 Å². The van der Waals surface area contributed by atoms with E-state index in [0.717, 1.165) is 32.1 Å². The fraction of sp³-hybridized carbons (Fsp3) is 0.375. The number of carbonyl (C=O) groups excluding carboxylic acids is 1. The van der Waals surface area contributed by atoms with Gasteiger partial charge in [0.15, 0.2) is 5.16 Å². The number of aryl methyl sites for hydroxylation is 1. The summed E-state index contributed by atoms with van der Waals surface area (Å²) in [6.45, 7) is 0. The van der Waals surface area contributed by atoms with Crippen molar-refractivity contribution in [1.29, 1.82) is 0 Å². The Labute approximate surface area is 180 Å². The molecule has 30 heavy (non-hydrogen) atoms. The van der Waals surface area contributed by atoms with E-state index in [1.165, 1.54) is 22.9 Å². The third-order valence-electron chi connectivity index (χ3n) is 6.21. The highest BCUT2D eigenvalue weighted by molar-refractivity contribution is 7.99. The summed E-state index contributed by atoms with van der Waals surface area (Å²) in [6, 6.07) is 16.2. The molecule has 0 bridgehead atoms. The Morgan fingerprint density at radius 3 is 2.73 bits per heavy atom. The van der Waals surface area contributed by atoms with Crippen LogP contribution in [-0.4, -0.2) is 33.2 Å². The largest absolute Gasteiger partial charge is 0.338 e. The molecule has 0 N–H and O–H groups in total. The molecule has 1 atom stereocenters. The normalized spacial score (nSPS) is 18.2. The Bertz CT molecular complexity index is 1170. The maximum Gasteiger partial charge on any atom is 0.262 e. The topological polar surface area (TPSA) is 55.2 Å². The van der Waals surface area contributed by atoms with Crippen LogP contribution in [0.5, 0.6) is 0 Å². The molecule has 5 rings (SSSR count). The van der Waals surface area contributed by atoms with Gasteiger partial charge in [-0.3, -0.25) is 14.2 Å². The van der Waals surface area contributed by atoms with Crippen LogP contribution in [0.2, 0.25) is 0 Å². The van der Waals surface area contributed by atoms with Gasteiger partial charge in [0.2, 0.25) is 5.91 Å². The smallest absolute Gasteiger partial charge is 0.262 e. The second kappa shape index (κ2) is 7.91. The fourth-order valence-electron chi connectivity index (χ4n) is 4.41. The number of para-hydroxylation sites is 1. The first-order valence-electron chi connectivity index (χ1n) is 10.6. The molecule has 2 aliphatic rings. The number of rotatable bonds is 5. The van der Waals surface area contributed by atoms with Gasteiger partial charge in [-0.15, -0.1) is 0 Å². The van der Waals surface area contributed by atoms with Gasteiger partial charge in [-0.2, -0.15) is 0 Å². The van der Waals surface area contributed by atoms with Crippen LogP contribution in [0.25, 0.3) is 10.9 Å². The minimum Gasteiger partial charge on any atom is -0.338 e. The molecule has 1 amide bonds. The summed E-state index contributed by atoms with van der Waals surface area (Å²) < 4.78 is 1.80. The van der Waals surface area contributed by atoms with E-state index in [2.05, 4.69) is 24.3 Å². The first kappa shape index (κ1) is 19.4. The van der Waals surface area contributed by atoms with Crippen LogP contribution in [-0.2, 0) is 11.2 Å². The summed E-state index contributed by atoms with van der Waals surface area (Å²) in [5.74, 6) is 0.360. The van der Waals surface area contributed by atoms with Crippen LogP contribution in [0, 0.1) is 0 Å². The molecule has 5 nitrogen and oxygen atoms in total. The average Bonchev–Trinajstić information content (AvgIpc) is 3.61. The Kier molecular flexibility index (Phi) is 5.11. The number of thioether (sulfide) groups is 1. The number of aromatic nitrogens is 2. The van der Waals surface area contributed by atoms with Crippen LogP contribution in [0.3, 0.4) is 0 Å². The molecule has 0 unspecified atom stereocenters. The van der Waals surface area contributed by atoms with Crippen LogP contribution < -0.4 is 5.56 Å². The van der Waals surface area contributed by atoms with Crippen molar-refractivity contribution in [2.24, 2.45) is 0 Å². The number of fused-ring (bicyclic) bond motifs is 2. The molecule has 2 aliphatic carbocycles. The maximum atomic E-state index is 13.1. The summed E-state index contributed by atoms with van der Waals surface area (Å²) in [6.07, 6.45) is 5.17. The second-order valence-electron chi connectivity index (χ2n) is 8.22. The molecule has 1 saturated carbocycles. The van der Waals surface area contributed by atoms with Crippen LogP contribution >= 0.6 is 11.8 Å². The van der Waals surface area contributed by atoms with E-state index in [0.29, 0.717) is 16.1 Å². The zero-order valence-electron chi connectivity index (χ0n) is 17.1. The third-order valence-corrected chi connectivity index (χ3v) is 7.15. The van der Waals surface area contributed by atoms with E-state index in [9.17, 15) is 9.59 Å². The quantitative estimate of drug-likeness (QED) is 0.455. The monoisotopic (exact) mass is 419 g/mol. The van der Waals surface area contributed by atoms with Gasteiger partial charge in [-0.25, -0.2) is 4.98 Å². The Morgan fingerprint density at radius 1 is 1.13 bits per heavy atom. The van der Waals surface area contributed by atoms with E-state index >= 15 is 0 Å². The molecule has 1 heterocycles. The molecule has 0 aliphatic heterocycles. The summed E-state index contributed by atoms with van der Waals surface area (Å²) in [5.41, 5.74) is 3.32. The Morgan fingerprint density at radius 2 is 1.90 bits per heavy atom. The van der Waals surface area contributed by atoms with E-state index in [4.69, 9.17) is 4.98 Å². The molecule has 2 aromatic carbocycles. The van der Waals surface area contributed by atoms with Crippen molar-refractivity contribution >= 4 is 28.6 Å². The number of amides is 1. The van der Waals surface area contributed by atoms with Gasteiger partial charge in [0.25, 0.3) is 5.56 Å². The molecule has 1 fully saturated rings. The van der Waals surface area contributed by atoms with Gasteiger partial charge in [0.1, 0.15) is 0 Å². The van der Waals surface area contributed by atoms with Gasteiger partial charge in [-0.05, 0) is 55.4 Å². The minimum atomic E-state index is 0.00705. The molecule has 0 saturated heterocycles. The Hall–Kier alpha value is -2.60. The second-order valence-corrected chi connectivity index (χ2v) is 9.16. The van der Waals surface area contributed by atoms with Gasteiger partial charge in [0.05, 0.1) is 22.7 Å². The number of carbonyl (C=O) groups is 1. The molecular weight excluding hydrogens is 394 g/mol. The SMILES string of the molecule is CN(C(=O)CSc1nc2ccccc2c(=O)n1C1CC1)[C@@H]1CCCc2ccccc21. The predicted molar refractivity (Wildman–Crippen MR) is 120 cm³/mol. The van der Waals surface area contributed by atoms with Gasteiger partial charge in [-0.1, -0.05) is 48.2 Å². The molecular formula is C24H25N3O2S. The van der Waals surface area contributed by atoms with Crippen LogP contribution in [0.15, 0.2) is 58.5 Å². The van der Waals surface area contributed by atoms with E-state index in [1.807, 2.05) is 36.2 Å². The highest BCUT2D eigenvalue weighted by Crippen LogP contribution is 2.37. The standard InChI is InChI=1S/C24H25N3O2S/c1-26(21-12-6-8-16-7-2-3-9-18(16)21)22(28)15-30-24-25-20-11-5-4-10-19(20)23(29)27(24)17-13-14-17/h2-5,7,9-11,17,21H,6,8,12-15H2,1H3/t21-/m1/s1. The Balaban J connectivity index is 1.38. The van der Waals surface area contributed by atoms with Gasteiger partial charge in [0, 0.05) is 13.1 Å². The number of hydrogen-bond acceptors (Lipinski definition) is 4. The van der Waals surface area contributed by atoms with Gasteiger partial charge >= 0.3 is 0 Å². The van der Waals surface area contributed by atoms with Crippen molar-refractivity contribution in [3.8, 4) is 0 Å². The lowest BCUT2D eigenvalue weighted by Crippen LogP contribution is -2.34. The fourth-order valence-corrected chi connectivity index (χ4v) is 5.40. The molecule has 154 valence electrons. The first-order valence-corrected chi connectivity index (χ1v) is 11.6. The van der Waals surface area contributed by atoms with Crippen molar-refractivity contribution in [1.82, 2.24) is 14.5 Å². The summed E-state index contributed by atoms with van der Waals surface area (Å²) >= 11 is 1.39. The van der Waals surface area contributed by atoms with Crippen molar-refractivity contribution in [3.05, 3.63) is 70.0 Å². The zero-order chi connectivity index (χ0) is 20.7. The molecule has 0 radical (unpaired) electrons. The molecule has 0 spiro atoms. The number of nitrogens with zero attached hydrogens (tertiary/aromatic N) is 3. The lowest BCUT2D eigenvalue weighted by atomic mass is 9.87. The van der Waals surface area contributed by atoms with Gasteiger partial charge < -0.3 is 4.90 Å². The summed E-state index contributed by atoms with van der Waals surface area (Å²) in [5, 5.41) is 1.31. The maximum absolute atomic E-state index is 13.1. The van der Waals surface area contributed by atoms with E-state index < -0.39 is 0 Å². The van der Waals surface area contributed by atoms with Crippen LogP contribution in [0.1, 0.15) is 48.9 Å². The lowest BCUT2D eigenvalue weighted by Gasteiger charge is -2.33. The number of hydrogen-bond donors (Lipinski definition) is 0. The van der Waals surface area contributed by atoms with Crippen molar-refractivity contribution < 1.29 is 4.79 Å². The highest BCUT2D eigenvalue weighted by Gasteiger charge is 2.30. The zero-order valence-corrected chi connectivity index (χ0v) is 17.9. The third kappa shape index (κ3) is 3.54. The highest BCUT2D eigenvalue weighted by atomic mass is 32.2. The molecule has 3 aromatic rings. The minimum absolute atomic E-state index is 0.00705. The summed E-state index contributed by atoms with van der Waals surface area (Å²) in [4.78, 5) is 32.7. The van der Waals surface area contributed by atoms with Crippen LogP contribution in [0.4, 0.5) is 0 Å². The van der Waals surface area contributed by atoms with Crippen molar-refractivity contribution in [2.75, 3.05) is 12.8 Å². The predicted octanol–water partition coefficient (Wildman–Crippen LogP) is 4.36. The van der Waals surface area contributed by atoms with E-state index in [-0.39, 0.29) is 29.3 Å². The molecule has 1 aromatic heterocycles. The summed E-state index contributed by atoms with van der Waals surface area (Å²) in [7, 11) is 1.90.